The van der Waals surface area contributed by atoms with E-state index in [9.17, 15) is 0 Å². The van der Waals surface area contributed by atoms with Crippen LogP contribution in [-0.2, 0) is 0 Å². The molecule has 0 amide bonds. The van der Waals surface area contributed by atoms with E-state index in [1.54, 1.807) is 0 Å². The van der Waals surface area contributed by atoms with Crippen LogP contribution in [0.1, 0.15) is 49.4 Å². The highest BCUT2D eigenvalue weighted by atomic mass is 16.5. The SMILES string of the molecule is CNC1c2c(C(C)C)ccc(C)c2OC1C. The molecular formula is C14H21NO. The van der Waals surface area contributed by atoms with Gasteiger partial charge in [-0.2, -0.15) is 0 Å². The van der Waals surface area contributed by atoms with E-state index in [-0.39, 0.29) is 6.10 Å². The van der Waals surface area contributed by atoms with Gasteiger partial charge in [0.25, 0.3) is 0 Å². The van der Waals surface area contributed by atoms with Crippen LogP contribution in [0.2, 0.25) is 0 Å². The minimum absolute atomic E-state index is 0.221. The number of hydrogen-bond acceptors (Lipinski definition) is 2. The van der Waals surface area contributed by atoms with Crippen LogP contribution in [0.5, 0.6) is 5.75 Å². The number of hydrogen-bond donors (Lipinski definition) is 1. The summed E-state index contributed by atoms with van der Waals surface area (Å²) in [5, 5.41) is 3.37. The van der Waals surface area contributed by atoms with Crippen LogP contribution >= 0.6 is 0 Å². The molecule has 16 heavy (non-hydrogen) atoms. The zero-order valence-electron chi connectivity index (χ0n) is 10.8. The summed E-state index contributed by atoms with van der Waals surface area (Å²) in [5.41, 5.74) is 4.01. The molecule has 2 rings (SSSR count). The van der Waals surface area contributed by atoms with Crippen LogP contribution < -0.4 is 10.1 Å². The third kappa shape index (κ3) is 1.61. The van der Waals surface area contributed by atoms with Crippen LogP contribution in [0.4, 0.5) is 0 Å². The maximum Gasteiger partial charge on any atom is 0.127 e. The Hall–Kier alpha value is -1.02. The molecule has 0 radical (unpaired) electrons. The second kappa shape index (κ2) is 4.10. The van der Waals surface area contributed by atoms with Crippen LogP contribution in [0, 0.1) is 6.92 Å². The Bertz CT molecular complexity index is 398. The van der Waals surface area contributed by atoms with Gasteiger partial charge in [0.05, 0.1) is 6.04 Å². The van der Waals surface area contributed by atoms with Gasteiger partial charge in [-0.05, 0) is 37.9 Å². The molecule has 0 aliphatic carbocycles. The van der Waals surface area contributed by atoms with Gasteiger partial charge >= 0.3 is 0 Å². The number of likely N-dealkylation sites (N-methyl/N-ethyl adjacent to an activating group) is 1. The molecule has 2 heteroatoms. The predicted octanol–water partition coefficient (Wildman–Crippen LogP) is 3.16. The van der Waals surface area contributed by atoms with Gasteiger partial charge in [0.1, 0.15) is 11.9 Å². The summed E-state index contributed by atoms with van der Waals surface area (Å²) in [6, 6.07) is 4.73. The van der Waals surface area contributed by atoms with Gasteiger partial charge in [-0.15, -0.1) is 0 Å². The molecule has 0 aromatic heterocycles. The van der Waals surface area contributed by atoms with E-state index in [1.165, 1.54) is 16.7 Å². The monoisotopic (exact) mass is 219 g/mol. The third-order valence-corrected chi connectivity index (χ3v) is 3.44. The van der Waals surface area contributed by atoms with Crippen molar-refractivity contribution in [2.75, 3.05) is 7.05 Å². The zero-order valence-corrected chi connectivity index (χ0v) is 10.8. The van der Waals surface area contributed by atoms with Crippen molar-refractivity contribution in [3.05, 3.63) is 28.8 Å². The van der Waals surface area contributed by atoms with Crippen molar-refractivity contribution in [2.24, 2.45) is 0 Å². The normalized spacial score (nSPS) is 23.4. The van der Waals surface area contributed by atoms with Crippen molar-refractivity contribution >= 4 is 0 Å². The van der Waals surface area contributed by atoms with Gasteiger partial charge in [0, 0.05) is 5.56 Å². The maximum absolute atomic E-state index is 5.97. The summed E-state index contributed by atoms with van der Waals surface area (Å²) in [5.74, 6) is 1.64. The third-order valence-electron chi connectivity index (χ3n) is 3.44. The molecule has 1 aromatic rings. The summed E-state index contributed by atoms with van der Waals surface area (Å²) in [4.78, 5) is 0. The van der Waals surface area contributed by atoms with Gasteiger partial charge in [-0.1, -0.05) is 26.0 Å². The highest BCUT2D eigenvalue weighted by molar-refractivity contribution is 5.52. The van der Waals surface area contributed by atoms with Gasteiger partial charge in [-0.25, -0.2) is 0 Å². The molecule has 2 nitrogen and oxygen atoms in total. The van der Waals surface area contributed by atoms with E-state index in [1.807, 2.05) is 7.05 Å². The Kier molecular flexibility index (Phi) is 2.94. The van der Waals surface area contributed by atoms with E-state index < -0.39 is 0 Å². The molecule has 2 unspecified atom stereocenters. The Morgan fingerprint density at radius 1 is 1.31 bits per heavy atom. The Balaban J connectivity index is 2.59. The minimum Gasteiger partial charge on any atom is -0.488 e. The topological polar surface area (TPSA) is 21.3 Å². The van der Waals surface area contributed by atoms with Crippen LogP contribution in [0.15, 0.2) is 12.1 Å². The summed E-state index contributed by atoms with van der Waals surface area (Å²) in [6.45, 7) is 8.72. The minimum atomic E-state index is 0.221. The van der Waals surface area contributed by atoms with Gasteiger partial charge < -0.3 is 10.1 Å². The van der Waals surface area contributed by atoms with Crippen LogP contribution in [0.3, 0.4) is 0 Å². The second-order valence-electron chi connectivity index (χ2n) is 4.96. The zero-order chi connectivity index (χ0) is 11.9. The van der Waals surface area contributed by atoms with Crippen LogP contribution in [0.25, 0.3) is 0 Å². The lowest BCUT2D eigenvalue weighted by atomic mass is 9.90. The first-order valence-electron chi connectivity index (χ1n) is 6.03. The highest BCUT2D eigenvalue weighted by Gasteiger charge is 2.33. The molecule has 0 spiro atoms. The molecule has 0 saturated heterocycles. The summed E-state index contributed by atoms with van der Waals surface area (Å²) in [6.07, 6.45) is 0.221. The first-order chi connectivity index (χ1) is 7.56. The Morgan fingerprint density at radius 3 is 2.56 bits per heavy atom. The molecule has 0 bridgehead atoms. The van der Waals surface area contributed by atoms with Crippen molar-refractivity contribution in [1.82, 2.24) is 5.32 Å². The number of benzene rings is 1. The van der Waals surface area contributed by atoms with Crippen molar-refractivity contribution in [3.8, 4) is 5.75 Å². The Morgan fingerprint density at radius 2 is 2.00 bits per heavy atom. The number of ether oxygens (including phenoxy) is 1. The summed E-state index contributed by atoms with van der Waals surface area (Å²) in [7, 11) is 2.01. The molecule has 1 aliphatic heterocycles. The maximum atomic E-state index is 5.97. The fourth-order valence-electron chi connectivity index (χ4n) is 2.57. The molecular weight excluding hydrogens is 198 g/mol. The van der Waals surface area contributed by atoms with E-state index in [2.05, 4.69) is 45.1 Å². The molecule has 0 fully saturated rings. The lowest BCUT2D eigenvalue weighted by molar-refractivity contribution is 0.213. The van der Waals surface area contributed by atoms with Crippen molar-refractivity contribution in [1.29, 1.82) is 0 Å². The lowest BCUT2D eigenvalue weighted by Crippen LogP contribution is -2.26. The largest absolute Gasteiger partial charge is 0.488 e. The fourth-order valence-corrected chi connectivity index (χ4v) is 2.57. The van der Waals surface area contributed by atoms with E-state index in [4.69, 9.17) is 4.74 Å². The first-order valence-corrected chi connectivity index (χ1v) is 6.03. The molecule has 2 atom stereocenters. The highest BCUT2D eigenvalue weighted by Crippen LogP contribution is 2.43. The molecule has 0 saturated carbocycles. The second-order valence-corrected chi connectivity index (χ2v) is 4.96. The molecule has 88 valence electrons. The quantitative estimate of drug-likeness (QED) is 0.825. The average Bonchev–Trinajstić information content (AvgIpc) is 2.55. The van der Waals surface area contributed by atoms with Gasteiger partial charge in [0.15, 0.2) is 0 Å². The lowest BCUT2D eigenvalue weighted by Gasteiger charge is -2.17. The number of aryl methyl sites for hydroxylation is 1. The number of rotatable bonds is 2. The molecule has 1 heterocycles. The van der Waals surface area contributed by atoms with Crippen molar-refractivity contribution in [3.63, 3.8) is 0 Å². The number of fused-ring (bicyclic) bond motifs is 1. The Labute approximate surface area is 98.0 Å². The van der Waals surface area contributed by atoms with Gasteiger partial charge in [0.2, 0.25) is 0 Å². The van der Waals surface area contributed by atoms with E-state index >= 15 is 0 Å². The molecule has 1 N–H and O–H groups in total. The van der Waals surface area contributed by atoms with Crippen molar-refractivity contribution in [2.45, 2.75) is 45.8 Å². The smallest absolute Gasteiger partial charge is 0.127 e. The van der Waals surface area contributed by atoms with Gasteiger partial charge in [-0.3, -0.25) is 0 Å². The molecule has 1 aromatic carbocycles. The summed E-state index contributed by atoms with van der Waals surface area (Å²) >= 11 is 0. The van der Waals surface area contributed by atoms with E-state index in [0.29, 0.717) is 12.0 Å². The average molecular weight is 219 g/mol. The predicted molar refractivity (Wildman–Crippen MR) is 67.2 cm³/mol. The standard InChI is InChI=1S/C14H21NO/c1-8(2)11-7-6-9(3)14-12(11)13(15-5)10(4)16-14/h6-8,10,13,15H,1-5H3. The number of nitrogens with one attached hydrogen (secondary N) is 1. The first kappa shape index (κ1) is 11.5. The summed E-state index contributed by atoms with van der Waals surface area (Å²) < 4.78 is 5.97. The van der Waals surface area contributed by atoms with Crippen molar-refractivity contribution < 1.29 is 4.74 Å². The van der Waals surface area contributed by atoms with E-state index in [0.717, 1.165) is 5.75 Å². The molecule has 1 aliphatic rings. The van der Waals surface area contributed by atoms with Crippen LogP contribution in [-0.4, -0.2) is 13.2 Å². The fraction of sp³-hybridized carbons (Fsp3) is 0.571.